The summed E-state index contributed by atoms with van der Waals surface area (Å²) in [5.74, 6) is 2.49. The van der Waals surface area contributed by atoms with E-state index in [0.29, 0.717) is 12.3 Å². The van der Waals surface area contributed by atoms with Gasteiger partial charge in [-0.15, -0.1) is 0 Å². The van der Waals surface area contributed by atoms with Crippen molar-refractivity contribution >= 4 is 16.9 Å². The second kappa shape index (κ2) is 10.3. The average molecular weight is 406 g/mol. The summed E-state index contributed by atoms with van der Waals surface area (Å²) in [7, 11) is 0. The highest BCUT2D eigenvalue weighted by Crippen LogP contribution is 2.27. The van der Waals surface area contributed by atoms with Crippen LogP contribution >= 0.6 is 0 Å². The predicted molar refractivity (Wildman–Crippen MR) is 120 cm³/mol. The molecule has 1 N–H and O–H groups in total. The third-order valence-electron chi connectivity index (χ3n) is 6.00. The van der Waals surface area contributed by atoms with Crippen LogP contribution in [-0.4, -0.2) is 28.6 Å². The van der Waals surface area contributed by atoms with E-state index in [1.807, 2.05) is 36.4 Å². The summed E-state index contributed by atoms with van der Waals surface area (Å²) in [5, 5.41) is 2.96. The average Bonchev–Trinajstić information content (AvgIpc) is 3.15. The van der Waals surface area contributed by atoms with Gasteiger partial charge in [0, 0.05) is 19.5 Å². The van der Waals surface area contributed by atoms with Gasteiger partial charge < -0.3 is 14.6 Å². The second-order valence-electron chi connectivity index (χ2n) is 8.16. The van der Waals surface area contributed by atoms with Crippen LogP contribution in [0.15, 0.2) is 54.6 Å². The lowest BCUT2D eigenvalue weighted by Crippen LogP contribution is -2.31. The van der Waals surface area contributed by atoms with Crippen LogP contribution in [0.3, 0.4) is 0 Å². The molecule has 0 unspecified atom stereocenters. The number of rotatable bonds is 9. The highest BCUT2D eigenvalue weighted by Gasteiger charge is 2.16. The van der Waals surface area contributed by atoms with Crippen molar-refractivity contribution in [2.75, 3.05) is 13.2 Å². The van der Waals surface area contributed by atoms with E-state index in [2.05, 4.69) is 28.1 Å². The summed E-state index contributed by atoms with van der Waals surface area (Å²) in [6.45, 7) is 1.59. The number of hydrogen-bond donors (Lipinski definition) is 1. The van der Waals surface area contributed by atoms with Crippen molar-refractivity contribution in [3.63, 3.8) is 0 Å². The van der Waals surface area contributed by atoms with Gasteiger partial charge in [-0.25, -0.2) is 4.98 Å². The molecule has 2 aromatic carbocycles. The smallest absolute Gasteiger partial charge is 0.257 e. The molecule has 30 heavy (non-hydrogen) atoms. The molecule has 1 saturated carbocycles. The molecule has 3 aromatic rings. The lowest BCUT2D eigenvalue weighted by Gasteiger charge is -2.22. The third kappa shape index (κ3) is 5.41. The van der Waals surface area contributed by atoms with Gasteiger partial charge in [0.05, 0.1) is 11.0 Å². The van der Waals surface area contributed by atoms with Crippen LogP contribution in [0.5, 0.6) is 5.75 Å². The molecular formula is C25H31N3O2. The van der Waals surface area contributed by atoms with Crippen molar-refractivity contribution in [3.8, 4) is 5.75 Å². The Morgan fingerprint density at radius 2 is 1.80 bits per heavy atom. The summed E-state index contributed by atoms with van der Waals surface area (Å²) >= 11 is 0. The zero-order chi connectivity index (χ0) is 20.6. The SMILES string of the molecule is O=C(COc1ccccc1)NCCc1nc2ccccc2n1CCC1CCCCC1. The number of fused-ring (bicyclic) bond motifs is 1. The summed E-state index contributed by atoms with van der Waals surface area (Å²) < 4.78 is 7.87. The summed E-state index contributed by atoms with van der Waals surface area (Å²) in [4.78, 5) is 17.0. The van der Waals surface area contributed by atoms with Crippen LogP contribution in [0.1, 0.15) is 44.3 Å². The number of para-hydroxylation sites is 3. The van der Waals surface area contributed by atoms with Crippen molar-refractivity contribution in [3.05, 3.63) is 60.4 Å². The first-order valence-electron chi connectivity index (χ1n) is 11.2. The Kier molecular flexibility index (Phi) is 7.01. The number of aromatic nitrogens is 2. The fourth-order valence-electron chi connectivity index (χ4n) is 4.38. The van der Waals surface area contributed by atoms with E-state index < -0.39 is 0 Å². The lowest BCUT2D eigenvalue weighted by molar-refractivity contribution is -0.123. The molecule has 1 fully saturated rings. The highest BCUT2D eigenvalue weighted by molar-refractivity contribution is 5.77. The summed E-state index contributed by atoms with van der Waals surface area (Å²) in [6.07, 6.45) is 8.79. The normalized spacial score (nSPS) is 14.7. The van der Waals surface area contributed by atoms with Crippen LogP contribution in [0.4, 0.5) is 0 Å². The van der Waals surface area contributed by atoms with Gasteiger partial charge in [-0.1, -0.05) is 62.4 Å². The molecule has 0 bridgehead atoms. The maximum absolute atomic E-state index is 12.1. The van der Waals surface area contributed by atoms with Crippen LogP contribution in [0, 0.1) is 5.92 Å². The summed E-state index contributed by atoms with van der Waals surface area (Å²) in [5.41, 5.74) is 2.23. The Labute approximate surface area is 178 Å². The van der Waals surface area contributed by atoms with Gasteiger partial charge in [0.25, 0.3) is 5.91 Å². The first kappa shape index (κ1) is 20.5. The Hall–Kier alpha value is -2.82. The molecule has 5 heteroatoms. The molecule has 1 amide bonds. The van der Waals surface area contributed by atoms with E-state index in [0.717, 1.165) is 30.2 Å². The van der Waals surface area contributed by atoms with Gasteiger partial charge in [-0.05, 0) is 36.6 Å². The molecule has 158 valence electrons. The molecule has 1 aromatic heterocycles. The fourth-order valence-corrected chi connectivity index (χ4v) is 4.38. The molecule has 0 aliphatic heterocycles. The monoisotopic (exact) mass is 405 g/mol. The van der Waals surface area contributed by atoms with Crippen molar-refractivity contribution in [1.29, 1.82) is 0 Å². The number of imidazole rings is 1. The molecule has 0 spiro atoms. The number of ether oxygens (including phenoxy) is 1. The second-order valence-corrected chi connectivity index (χ2v) is 8.16. The molecular weight excluding hydrogens is 374 g/mol. The van der Waals surface area contributed by atoms with Crippen LogP contribution in [-0.2, 0) is 17.8 Å². The number of carbonyl (C=O) groups is 1. The molecule has 1 heterocycles. The van der Waals surface area contributed by atoms with Gasteiger partial charge in [0.1, 0.15) is 11.6 Å². The number of nitrogens with zero attached hydrogens (tertiary/aromatic N) is 2. The molecule has 0 saturated heterocycles. The van der Waals surface area contributed by atoms with Crippen LogP contribution in [0.2, 0.25) is 0 Å². The van der Waals surface area contributed by atoms with E-state index in [4.69, 9.17) is 9.72 Å². The van der Waals surface area contributed by atoms with Crippen molar-refractivity contribution in [2.24, 2.45) is 5.92 Å². The van der Waals surface area contributed by atoms with Gasteiger partial charge in [0.2, 0.25) is 0 Å². The predicted octanol–water partition coefficient (Wildman–Crippen LogP) is 4.74. The molecule has 0 atom stereocenters. The van der Waals surface area contributed by atoms with E-state index in [9.17, 15) is 4.79 Å². The Morgan fingerprint density at radius 1 is 1.03 bits per heavy atom. The number of aryl methyl sites for hydroxylation is 1. The molecule has 1 aliphatic rings. The Bertz CT molecular complexity index is 945. The maximum Gasteiger partial charge on any atom is 0.257 e. The van der Waals surface area contributed by atoms with E-state index in [1.165, 1.54) is 44.0 Å². The first-order chi connectivity index (χ1) is 14.8. The Balaban J connectivity index is 1.33. The molecule has 0 radical (unpaired) electrons. The van der Waals surface area contributed by atoms with Gasteiger partial charge in [0.15, 0.2) is 6.61 Å². The first-order valence-corrected chi connectivity index (χ1v) is 11.2. The molecule has 4 rings (SSSR count). The largest absolute Gasteiger partial charge is 0.484 e. The van der Waals surface area contributed by atoms with Gasteiger partial charge in [-0.3, -0.25) is 4.79 Å². The van der Waals surface area contributed by atoms with Gasteiger partial charge >= 0.3 is 0 Å². The fraction of sp³-hybridized carbons (Fsp3) is 0.440. The van der Waals surface area contributed by atoms with Crippen molar-refractivity contribution < 1.29 is 9.53 Å². The minimum absolute atomic E-state index is 0.0299. The van der Waals surface area contributed by atoms with Crippen molar-refractivity contribution in [2.45, 2.75) is 51.5 Å². The quantitative estimate of drug-likeness (QED) is 0.559. The standard InChI is InChI=1S/C25H31N3O2/c29-25(19-30-21-11-5-2-6-12-21)26-17-15-24-27-22-13-7-8-14-23(22)28(24)18-16-20-9-3-1-4-10-20/h2,5-8,11-14,20H,1,3-4,9-10,15-19H2,(H,26,29). The number of benzene rings is 2. The number of hydrogen-bond acceptors (Lipinski definition) is 3. The minimum atomic E-state index is -0.108. The lowest BCUT2D eigenvalue weighted by atomic mass is 9.87. The molecule has 5 nitrogen and oxygen atoms in total. The zero-order valence-corrected chi connectivity index (χ0v) is 17.6. The molecule has 1 aliphatic carbocycles. The van der Waals surface area contributed by atoms with E-state index in [1.54, 1.807) is 0 Å². The van der Waals surface area contributed by atoms with Crippen LogP contribution in [0.25, 0.3) is 11.0 Å². The number of nitrogens with one attached hydrogen (secondary N) is 1. The van der Waals surface area contributed by atoms with Crippen molar-refractivity contribution in [1.82, 2.24) is 14.9 Å². The number of carbonyl (C=O) groups excluding carboxylic acids is 1. The highest BCUT2D eigenvalue weighted by atomic mass is 16.5. The zero-order valence-electron chi connectivity index (χ0n) is 17.6. The van der Waals surface area contributed by atoms with Crippen LogP contribution < -0.4 is 10.1 Å². The van der Waals surface area contributed by atoms with Gasteiger partial charge in [-0.2, -0.15) is 0 Å². The Morgan fingerprint density at radius 3 is 2.63 bits per heavy atom. The summed E-state index contributed by atoms with van der Waals surface area (Å²) in [6, 6.07) is 17.7. The van der Waals surface area contributed by atoms with E-state index in [-0.39, 0.29) is 12.5 Å². The van der Waals surface area contributed by atoms with E-state index >= 15 is 0 Å². The maximum atomic E-state index is 12.1. The topological polar surface area (TPSA) is 56.1 Å². The third-order valence-corrected chi connectivity index (χ3v) is 6.00. The minimum Gasteiger partial charge on any atom is -0.484 e. The number of amides is 1.